The van der Waals surface area contributed by atoms with Crippen LogP contribution in [0.3, 0.4) is 0 Å². The van der Waals surface area contributed by atoms with Crippen LogP contribution in [-0.2, 0) is 10.9 Å². The second kappa shape index (κ2) is 6.08. The van der Waals surface area contributed by atoms with Crippen LogP contribution in [0.1, 0.15) is 16.1 Å². The summed E-state index contributed by atoms with van der Waals surface area (Å²) >= 11 is 0.860. The molecule has 0 amide bonds. The minimum absolute atomic E-state index is 0.159. The number of aromatic nitrogens is 3. The molecule has 5 nitrogen and oxygen atoms in total. The zero-order valence-electron chi connectivity index (χ0n) is 10.6. The van der Waals surface area contributed by atoms with E-state index in [-0.39, 0.29) is 5.16 Å². The van der Waals surface area contributed by atoms with Crippen molar-refractivity contribution in [2.24, 2.45) is 0 Å². The van der Waals surface area contributed by atoms with Gasteiger partial charge in [0.1, 0.15) is 10.6 Å². The van der Waals surface area contributed by atoms with Crippen LogP contribution in [0.5, 0.6) is 0 Å². The smallest absolute Gasteiger partial charge is 0.434 e. The van der Waals surface area contributed by atoms with Crippen molar-refractivity contribution in [2.45, 2.75) is 16.4 Å². The molecule has 0 saturated heterocycles. The summed E-state index contributed by atoms with van der Waals surface area (Å²) in [6.07, 6.45) is -2.49. The first kappa shape index (κ1) is 15.2. The van der Waals surface area contributed by atoms with E-state index < -0.39 is 23.4 Å². The molecule has 0 unspecified atom stereocenters. The molecule has 0 N–H and O–H groups in total. The van der Waals surface area contributed by atoms with Gasteiger partial charge >= 0.3 is 12.1 Å². The van der Waals surface area contributed by atoms with E-state index in [2.05, 4.69) is 19.7 Å². The maximum absolute atomic E-state index is 12.9. The summed E-state index contributed by atoms with van der Waals surface area (Å²) in [5.74, 6) is -1.14. The predicted molar refractivity (Wildman–Crippen MR) is 66.7 cm³/mol. The molecule has 0 atom stereocenters. The number of rotatable bonds is 3. The van der Waals surface area contributed by atoms with E-state index in [0.717, 1.165) is 25.1 Å². The van der Waals surface area contributed by atoms with E-state index in [4.69, 9.17) is 0 Å². The molecule has 0 aliphatic rings. The van der Waals surface area contributed by atoms with Gasteiger partial charge in [-0.05, 0) is 23.9 Å². The van der Waals surface area contributed by atoms with Crippen molar-refractivity contribution in [1.82, 2.24) is 15.0 Å². The highest BCUT2D eigenvalue weighted by molar-refractivity contribution is 7.99. The van der Waals surface area contributed by atoms with E-state index in [1.165, 1.54) is 6.20 Å². The number of pyridine rings is 1. The molecular formula is C12H8F3N3O2S. The zero-order valence-corrected chi connectivity index (χ0v) is 11.4. The summed E-state index contributed by atoms with van der Waals surface area (Å²) in [5.41, 5.74) is -2.06. The molecule has 21 heavy (non-hydrogen) atoms. The molecule has 0 aliphatic carbocycles. The molecule has 0 saturated carbocycles. The second-order valence-corrected chi connectivity index (χ2v) is 4.66. The number of halogens is 3. The Balaban J connectivity index is 2.40. The van der Waals surface area contributed by atoms with Crippen molar-refractivity contribution in [3.8, 4) is 0 Å². The molecule has 2 rings (SSSR count). The minimum atomic E-state index is -4.79. The standard InChI is InChI=1S/C12H8F3N3O2S/c1-20-10(19)7-6-17-11(18-9(7)12(13,14)15)21-8-4-2-3-5-16-8/h2-6H,1H3. The summed E-state index contributed by atoms with van der Waals surface area (Å²) in [4.78, 5) is 22.4. The number of esters is 1. The molecule has 2 aromatic heterocycles. The summed E-state index contributed by atoms with van der Waals surface area (Å²) < 4.78 is 43.1. The van der Waals surface area contributed by atoms with Crippen LogP contribution >= 0.6 is 11.8 Å². The maximum Gasteiger partial charge on any atom is 0.434 e. The minimum Gasteiger partial charge on any atom is -0.465 e. The lowest BCUT2D eigenvalue weighted by molar-refractivity contribution is -0.142. The van der Waals surface area contributed by atoms with Gasteiger partial charge in [-0.1, -0.05) is 6.07 Å². The molecule has 9 heteroatoms. The Morgan fingerprint density at radius 1 is 1.29 bits per heavy atom. The van der Waals surface area contributed by atoms with E-state index in [1.807, 2.05) is 0 Å². The largest absolute Gasteiger partial charge is 0.465 e. The SMILES string of the molecule is COC(=O)c1cnc(Sc2ccccn2)nc1C(F)(F)F. The number of hydrogen-bond donors (Lipinski definition) is 0. The molecule has 0 fully saturated rings. The van der Waals surface area contributed by atoms with Crippen LogP contribution in [0.4, 0.5) is 13.2 Å². The van der Waals surface area contributed by atoms with Gasteiger partial charge in [0.2, 0.25) is 0 Å². The molecule has 2 heterocycles. The molecule has 0 spiro atoms. The van der Waals surface area contributed by atoms with Gasteiger partial charge in [-0.15, -0.1) is 0 Å². The fraction of sp³-hybridized carbons (Fsp3) is 0.167. The Morgan fingerprint density at radius 3 is 2.62 bits per heavy atom. The van der Waals surface area contributed by atoms with Crippen LogP contribution in [0.25, 0.3) is 0 Å². The molecular weight excluding hydrogens is 307 g/mol. The Labute approximate surface area is 121 Å². The number of ether oxygens (including phenoxy) is 1. The Kier molecular flexibility index (Phi) is 4.41. The van der Waals surface area contributed by atoms with Crippen LogP contribution < -0.4 is 0 Å². The van der Waals surface area contributed by atoms with Gasteiger partial charge in [0, 0.05) is 12.4 Å². The van der Waals surface area contributed by atoms with Crippen LogP contribution in [0, 0.1) is 0 Å². The number of methoxy groups -OCH3 is 1. The maximum atomic E-state index is 12.9. The summed E-state index contributed by atoms with van der Waals surface area (Å²) in [6.45, 7) is 0. The van der Waals surface area contributed by atoms with Crippen LogP contribution in [0.15, 0.2) is 40.8 Å². The van der Waals surface area contributed by atoms with E-state index >= 15 is 0 Å². The Bertz CT molecular complexity index is 650. The molecule has 0 aromatic carbocycles. The summed E-state index contributed by atoms with van der Waals surface area (Å²) in [7, 11) is 0.985. The van der Waals surface area contributed by atoms with Crippen LogP contribution in [-0.4, -0.2) is 28.0 Å². The highest BCUT2D eigenvalue weighted by Gasteiger charge is 2.38. The highest BCUT2D eigenvalue weighted by Crippen LogP contribution is 2.32. The lowest BCUT2D eigenvalue weighted by Gasteiger charge is -2.10. The van der Waals surface area contributed by atoms with Crippen molar-refractivity contribution in [3.05, 3.63) is 41.9 Å². The third-order valence-electron chi connectivity index (χ3n) is 2.27. The van der Waals surface area contributed by atoms with Gasteiger partial charge in [-0.3, -0.25) is 0 Å². The summed E-state index contributed by atoms with van der Waals surface area (Å²) in [6, 6.07) is 4.96. The van der Waals surface area contributed by atoms with Crippen molar-refractivity contribution in [1.29, 1.82) is 0 Å². The monoisotopic (exact) mass is 315 g/mol. The van der Waals surface area contributed by atoms with Crippen LogP contribution in [0.2, 0.25) is 0 Å². The lowest BCUT2D eigenvalue weighted by Crippen LogP contribution is -2.17. The quantitative estimate of drug-likeness (QED) is 0.641. The van der Waals surface area contributed by atoms with Crippen molar-refractivity contribution < 1.29 is 22.7 Å². The Hall–Kier alpha value is -2.16. The molecule has 0 aliphatic heterocycles. The first-order valence-electron chi connectivity index (χ1n) is 5.53. The van der Waals surface area contributed by atoms with Crippen molar-refractivity contribution in [3.63, 3.8) is 0 Å². The van der Waals surface area contributed by atoms with Gasteiger partial charge in [0.25, 0.3) is 0 Å². The molecule has 0 radical (unpaired) electrons. The Morgan fingerprint density at radius 2 is 2.05 bits per heavy atom. The number of hydrogen-bond acceptors (Lipinski definition) is 6. The average Bonchev–Trinajstić information content (AvgIpc) is 2.46. The molecule has 110 valence electrons. The van der Waals surface area contributed by atoms with E-state index in [9.17, 15) is 18.0 Å². The summed E-state index contributed by atoms with van der Waals surface area (Å²) in [5, 5.41) is 0.283. The van der Waals surface area contributed by atoms with E-state index in [1.54, 1.807) is 18.2 Å². The van der Waals surface area contributed by atoms with Gasteiger partial charge in [-0.2, -0.15) is 13.2 Å². The first-order chi connectivity index (χ1) is 9.91. The molecule has 0 bridgehead atoms. The highest BCUT2D eigenvalue weighted by atomic mass is 32.2. The number of nitrogens with zero attached hydrogens (tertiary/aromatic N) is 3. The third kappa shape index (κ3) is 3.69. The first-order valence-corrected chi connectivity index (χ1v) is 6.35. The zero-order chi connectivity index (χ0) is 15.5. The lowest BCUT2D eigenvalue weighted by atomic mass is 10.2. The van der Waals surface area contributed by atoms with Crippen molar-refractivity contribution >= 4 is 17.7 Å². The molecule has 2 aromatic rings. The van der Waals surface area contributed by atoms with Gasteiger partial charge in [0.05, 0.1) is 7.11 Å². The van der Waals surface area contributed by atoms with Crippen molar-refractivity contribution in [2.75, 3.05) is 7.11 Å². The third-order valence-corrected chi connectivity index (χ3v) is 3.10. The normalized spacial score (nSPS) is 11.2. The number of carbonyl (C=O) groups is 1. The fourth-order valence-corrected chi connectivity index (χ4v) is 2.08. The van der Waals surface area contributed by atoms with Gasteiger partial charge < -0.3 is 4.74 Å². The predicted octanol–water partition coefficient (Wildman–Crippen LogP) is 2.83. The van der Waals surface area contributed by atoms with Gasteiger partial charge in [0.15, 0.2) is 10.9 Å². The van der Waals surface area contributed by atoms with Gasteiger partial charge in [-0.25, -0.2) is 19.7 Å². The topological polar surface area (TPSA) is 65.0 Å². The van der Waals surface area contributed by atoms with E-state index in [0.29, 0.717) is 5.03 Å². The second-order valence-electron chi connectivity index (χ2n) is 3.67. The average molecular weight is 315 g/mol. The number of alkyl halides is 3. The fourth-order valence-electron chi connectivity index (χ4n) is 1.39. The number of carbonyl (C=O) groups excluding carboxylic acids is 1.